The molecule has 0 aliphatic carbocycles. The maximum Gasteiger partial charge on any atom is 0.256 e. The van der Waals surface area contributed by atoms with Gasteiger partial charge in [-0.3, -0.25) is 14.4 Å². The van der Waals surface area contributed by atoms with Gasteiger partial charge in [0.05, 0.1) is 11.3 Å². The molecule has 2 aliphatic rings. The Morgan fingerprint density at radius 3 is 2.69 bits per heavy atom. The number of hydrogen-bond acceptors (Lipinski definition) is 4. The second kappa shape index (κ2) is 7.87. The van der Waals surface area contributed by atoms with E-state index < -0.39 is 11.9 Å². The highest BCUT2D eigenvalue weighted by Crippen LogP contribution is 2.32. The van der Waals surface area contributed by atoms with E-state index in [-0.39, 0.29) is 35.5 Å². The van der Waals surface area contributed by atoms with E-state index in [1.807, 2.05) is 18.4 Å². The second-order valence-corrected chi connectivity index (χ2v) is 7.90. The molecule has 1 fully saturated rings. The van der Waals surface area contributed by atoms with E-state index in [0.29, 0.717) is 25.1 Å². The lowest BCUT2D eigenvalue weighted by atomic mass is 10.1. The predicted molar refractivity (Wildman–Crippen MR) is 110 cm³/mol. The minimum Gasteiger partial charge on any atom is -0.327 e. The molecule has 1 saturated heterocycles. The number of amides is 3. The molecular formula is C21H20FN3O3S. The molecule has 0 aromatic heterocycles. The smallest absolute Gasteiger partial charge is 0.256 e. The number of rotatable bonds is 4. The van der Waals surface area contributed by atoms with Crippen LogP contribution in [-0.2, 0) is 9.59 Å². The molecule has 4 rings (SSSR count). The van der Waals surface area contributed by atoms with E-state index in [9.17, 15) is 18.8 Å². The fraction of sp³-hybridized carbons (Fsp3) is 0.286. The molecule has 0 bridgehead atoms. The first kappa shape index (κ1) is 19.4. The van der Waals surface area contributed by atoms with Crippen molar-refractivity contribution in [2.24, 2.45) is 0 Å². The molecule has 150 valence electrons. The number of carbonyl (C=O) groups is 3. The van der Waals surface area contributed by atoms with E-state index in [0.717, 1.165) is 11.0 Å². The van der Waals surface area contributed by atoms with Gasteiger partial charge in [0, 0.05) is 17.1 Å². The molecule has 0 spiro atoms. The summed E-state index contributed by atoms with van der Waals surface area (Å²) in [4.78, 5) is 42.5. The van der Waals surface area contributed by atoms with Crippen molar-refractivity contribution in [3.63, 3.8) is 0 Å². The Hall–Kier alpha value is -2.87. The van der Waals surface area contributed by atoms with Gasteiger partial charge in [0.25, 0.3) is 5.91 Å². The number of fused-ring (bicyclic) bond motifs is 2. The first-order valence-corrected chi connectivity index (χ1v) is 10.6. The third-order valence-electron chi connectivity index (χ3n) is 5.22. The molecule has 1 atom stereocenters. The van der Waals surface area contributed by atoms with Crippen molar-refractivity contribution in [2.75, 3.05) is 29.6 Å². The number of carbonyl (C=O) groups excluding carboxylic acids is 3. The minimum atomic E-state index is -0.619. The van der Waals surface area contributed by atoms with Crippen LogP contribution in [0.4, 0.5) is 15.8 Å². The molecule has 6 nitrogen and oxygen atoms in total. The average Bonchev–Trinajstić information content (AvgIpc) is 3.19. The average molecular weight is 413 g/mol. The Labute approximate surface area is 172 Å². The maximum absolute atomic E-state index is 13.8. The van der Waals surface area contributed by atoms with E-state index in [1.165, 1.54) is 21.9 Å². The van der Waals surface area contributed by atoms with Gasteiger partial charge < -0.3 is 15.1 Å². The lowest BCUT2D eigenvalue weighted by molar-refractivity contribution is -0.124. The predicted octanol–water partition coefficient (Wildman–Crippen LogP) is 3.14. The molecule has 1 N–H and O–H groups in total. The summed E-state index contributed by atoms with van der Waals surface area (Å²) >= 11 is 1.60. The van der Waals surface area contributed by atoms with Gasteiger partial charge in [0.2, 0.25) is 11.8 Å². The Bertz CT molecular complexity index is 980. The van der Waals surface area contributed by atoms with Gasteiger partial charge in [0.15, 0.2) is 0 Å². The summed E-state index contributed by atoms with van der Waals surface area (Å²) < 4.78 is 13.8. The van der Waals surface area contributed by atoms with Crippen molar-refractivity contribution in [2.45, 2.75) is 23.8 Å². The zero-order chi connectivity index (χ0) is 20.5. The molecule has 29 heavy (non-hydrogen) atoms. The van der Waals surface area contributed by atoms with E-state index in [2.05, 4.69) is 5.32 Å². The third kappa shape index (κ3) is 3.72. The van der Waals surface area contributed by atoms with Crippen LogP contribution in [0.25, 0.3) is 0 Å². The number of hydrogen-bond donors (Lipinski definition) is 1. The highest BCUT2D eigenvalue weighted by atomic mass is 32.2. The Kier molecular flexibility index (Phi) is 5.27. The summed E-state index contributed by atoms with van der Waals surface area (Å²) in [6, 6.07) is 10.5. The van der Waals surface area contributed by atoms with E-state index >= 15 is 0 Å². The molecule has 0 radical (unpaired) electrons. The fourth-order valence-electron chi connectivity index (χ4n) is 3.82. The summed E-state index contributed by atoms with van der Waals surface area (Å²) in [5.41, 5.74) is 0.997. The highest BCUT2D eigenvalue weighted by Gasteiger charge is 2.42. The molecule has 2 aromatic rings. The largest absolute Gasteiger partial charge is 0.327 e. The van der Waals surface area contributed by atoms with Crippen LogP contribution in [0, 0.1) is 5.82 Å². The summed E-state index contributed by atoms with van der Waals surface area (Å²) in [6.45, 7) is 0.201. The lowest BCUT2D eigenvalue weighted by Gasteiger charge is -2.25. The Balaban J connectivity index is 1.62. The molecule has 8 heteroatoms. The van der Waals surface area contributed by atoms with Crippen molar-refractivity contribution in [3.8, 4) is 0 Å². The molecule has 1 unspecified atom stereocenters. The van der Waals surface area contributed by atoms with Gasteiger partial charge in [-0.25, -0.2) is 4.39 Å². The van der Waals surface area contributed by atoms with Crippen molar-refractivity contribution in [1.82, 2.24) is 4.90 Å². The molecule has 2 aliphatic heterocycles. The van der Waals surface area contributed by atoms with Crippen LogP contribution in [0.2, 0.25) is 0 Å². The highest BCUT2D eigenvalue weighted by molar-refractivity contribution is 7.98. The third-order valence-corrected chi connectivity index (χ3v) is 5.96. The zero-order valence-electron chi connectivity index (χ0n) is 15.9. The molecule has 2 aromatic carbocycles. The number of nitrogens with one attached hydrogen (secondary N) is 1. The zero-order valence-corrected chi connectivity index (χ0v) is 16.7. The molecule has 3 amide bonds. The summed E-state index contributed by atoms with van der Waals surface area (Å²) in [5.74, 6) is -1.62. The SMILES string of the molecule is CSc1ccc(NC(=O)CN2C(=O)C3CCCN3C(=O)c3cc(F)ccc32)cc1. The van der Waals surface area contributed by atoms with Crippen LogP contribution in [0.15, 0.2) is 47.4 Å². The first-order valence-electron chi connectivity index (χ1n) is 9.34. The quantitative estimate of drug-likeness (QED) is 0.782. The number of anilines is 2. The van der Waals surface area contributed by atoms with Crippen molar-refractivity contribution >= 4 is 40.9 Å². The number of nitrogens with zero attached hydrogens (tertiary/aromatic N) is 2. The lowest BCUT2D eigenvalue weighted by Crippen LogP contribution is -2.47. The number of halogens is 1. The number of thioether (sulfide) groups is 1. The van der Waals surface area contributed by atoms with Crippen molar-refractivity contribution in [3.05, 3.63) is 53.8 Å². The summed E-state index contributed by atoms with van der Waals surface area (Å²) in [6.07, 6.45) is 3.20. The van der Waals surface area contributed by atoms with Crippen LogP contribution < -0.4 is 10.2 Å². The van der Waals surface area contributed by atoms with Gasteiger partial charge in [-0.05, 0) is 61.6 Å². The van der Waals surface area contributed by atoms with Gasteiger partial charge in [-0.1, -0.05) is 0 Å². The van der Waals surface area contributed by atoms with Gasteiger partial charge in [0.1, 0.15) is 18.4 Å². The molecule has 2 heterocycles. The fourth-order valence-corrected chi connectivity index (χ4v) is 4.22. The standard InChI is InChI=1S/C21H20FN3O3S/c1-29-15-7-5-14(6-8-15)23-19(26)12-25-17-9-4-13(22)11-16(17)20(27)24-10-2-3-18(24)21(25)28/h4-9,11,18H,2-3,10,12H2,1H3,(H,23,26). The molecular weight excluding hydrogens is 393 g/mol. The van der Waals surface area contributed by atoms with Crippen LogP contribution in [-0.4, -0.2) is 48.0 Å². The second-order valence-electron chi connectivity index (χ2n) is 7.02. The van der Waals surface area contributed by atoms with Crippen LogP contribution >= 0.6 is 11.8 Å². The Morgan fingerprint density at radius 1 is 1.21 bits per heavy atom. The summed E-state index contributed by atoms with van der Waals surface area (Å²) in [7, 11) is 0. The van der Waals surface area contributed by atoms with E-state index in [1.54, 1.807) is 23.9 Å². The van der Waals surface area contributed by atoms with Crippen molar-refractivity contribution < 1.29 is 18.8 Å². The van der Waals surface area contributed by atoms with Crippen molar-refractivity contribution in [1.29, 1.82) is 0 Å². The maximum atomic E-state index is 13.8. The van der Waals surface area contributed by atoms with E-state index in [4.69, 9.17) is 0 Å². The van der Waals surface area contributed by atoms with Crippen LogP contribution in [0.1, 0.15) is 23.2 Å². The monoisotopic (exact) mass is 413 g/mol. The minimum absolute atomic E-state index is 0.111. The first-order chi connectivity index (χ1) is 14.0. The molecule has 0 saturated carbocycles. The Morgan fingerprint density at radius 2 is 1.97 bits per heavy atom. The van der Waals surface area contributed by atoms with Crippen LogP contribution in [0.3, 0.4) is 0 Å². The van der Waals surface area contributed by atoms with Gasteiger partial charge in [-0.15, -0.1) is 11.8 Å². The normalized spacial score (nSPS) is 18.3. The summed E-state index contributed by atoms with van der Waals surface area (Å²) in [5, 5.41) is 2.78. The topological polar surface area (TPSA) is 69.7 Å². The van der Waals surface area contributed by atoms with Gasteiger partial charge >= 0.3 is 0 Å². The number of benzene rings is 2. The van der Waals surface area contributed by atoms with Crippen LogP contribution in [0.5, 0.6) is 0 Å². The van der Waals surface area contributed by atoms with Gasteiger partial charge in [-0.2, -0.15) is 0 Å².